The zero-order chi connectivity index (χ0) is 13.9. The standard InChI is InChI=1S/C13H15BrF3N/c1-4-18-12(8(2)3)10-6-5-9(14)7-11(10)13(15,16)17/h5-7,12,18H,2,4H2,1,3H3. The van der Waals surface area contributed by atoms with Crippen molar-refractivity contribution in [1.29, 1.82) is 0 Å². The minimum Gasteiger partial charge on any atom is -0.307 e. The van der Waals surface area contributed by atoms with Gasteiger partial charge in [0.2, 0.25) is 0 Å². The van der Waals surface area contributed by atoms with E-state index in [-0.39, 0.29) is 5.56 Å². The lowest BCUT2D eigenvalue weighted by Gasteiger charge is -2.23. The molecule has 0 saturated carbocycles. The van der Waals surface area contributed by atoms with E-state index in [4.69, 9.17) is 0 Å². The highest BCUT2D eigenvalue weighted by atomic mass is 79.9. The van der Waals surface area contributed by atoms with Crippen LogP contribution in [0.4, 0.5) is 13.2 Å². The van der Waals surface area contributed by atoms with Gasteiger partial charge in [0.1, 0.15) is 0 Å². The molecule has 0 saturated heterocycles. The molecule has 1 atom stereocenters. The van der Waals surface area contributed by atoms with E-state index < -0.39 is 17.8 Å². The Morgan fingerprint density at radius 2 is 2.06 bits per heavy atom. The molecule has 18 heavy (non-hydrogen) atoms. The Morgan fingerprint density at radius 3 is 2.50 bits per heavy atom. The predicted octanol–water partition coefficient (Wildman–Crippen LogP) is 4.69. The molecule has 0 radical (unpaired) electrons. The third-order valence-electron chi connectivity index (χ3n) is 2.53. The van der Waals surface area contributed by atoms with Crippen LogP contribution in [0.3, 0.4) is 0 Å². The van der Waals surface area contributed by atoms with Gasteiger partial charge in [0, 0.05) is 4.47 Å². The predicted molar refractivity (Wildman–Crippen MR) is 70.4 cm³/mol. The minimum absolute atomic E-state index is 0.208. The Morgan fingerprint density at radius 1 is 1.44 bits per heavy atom. The fourth-order valence-electron chi connectivity index (χ4n) is 1.78. The quantitative estimate of drug-likeness (QED) is 0.793. The van der Waals surface area contributed by atoms with Crippen molar-refractivity contribution < 1.29 is 13.2 Å². The Balaban J connectivity index is 3.33. The summed E-state index contributed by atoms with van der Waals surface area (Å²) >= 11 is 3.07. The highest BCUT2D eigenvalue weighted by Crippen LogP contribution is 2.37. The van der Waals surface area contributed by atoms with Crippen LogP contribution < -0.4 is 5.32 Å². The molecule has 0 aliphatic rings. The van der Waals surface area contributed by atoms with Crippen molar-refractivity contribution in [3.05, 3.63) is 46.0 Å². The van der Waals surface area contributed by atoms with Gasteiger partial charge in [0.05, 0.1) is 11.6 Å². The molecule has 1 nitrogen and oxygen atoms in total. The van der Waals surface area contributed by atoms with Gasteiger partial charge in [-0.25, -0.2) is 0 Å². The Hall–Kier alpha value is -0.810. The number of halogens is 4. The zero-order valence-electron chi connectivity index (χ0n) is 10.2. The molecule has 1 aromatic carbocycles. The first-order valence-corrected chi connectivity index (χ1v) is 6.32. The van der Waals surface area contributed by atoms with Gasteiger partial charge < -0.3 is 5.32 Å². The van der Waals surface area contributed by atoms with Crippen molar-refractivity contribution in [1.82, 2.24) is 5.32 Å². The number of hydrogen-bond acceptors (Lipinski definition) is 1. The average molecular weight is 322 g/mol. The van der Waals surface area contributed by atoms with Crippen molar-refractivity contribution in [2.24, 2.45) is 0 Å². The minimum atomic E-state index is -4.37. The molecule has 0 heterocycles. The maximum Gasteiger partial charge on any atom is 0.416 e. The van der Waals surface area contributed by atoms with Gasteiger partial charge in [0.25, 0.3) is 0 Å². The average Bonchev–Trinajstić information content (AvgIpc) is 2.24. The number of hydrogen-bond donors (Lipinski definition) is 1. The van der Waals surface area contributed by atoms with Gasteiger partial charge in [-0.05, 0) is 31.2 Å². The van der Waals surface area contributed by atoms with E-state index in [1.807, 2.05) is 6.92 Å². The van der Waals surface area contributed by atoms with Crippen molar-refractivity contribution in [3.63, 3.8) is 0 Å². The molecule has 5 heteroatoms. The highest BCUT2D eigenvalue weighted by Gasteiger charge is 2.35. The third-order valence-corrected chi connectivity index (χ3v) is 3.03. The summed E-state index contributed by atoms with van der Waals surface area (Å²) in [5.74, 6) is 0. The second-order valence-corrected chi connectivity index (χ2v) is 4.98. The number of nitrogens with one attached hydrogen (secondary N) is 1. The fourth-order valence-corrected chi connectivity index (χ4v) is 2.14. The highest BCUT2D eigenvalue weighted by molar-refractivity contribution is 9.10. The molecular weight excluding hydrogens is 307 g/mol. The van der Waals surface area contributed by atoms with E-state index >= 15 is 0 Å². The molecule has 0 aromatic heterocycles. The van der Waals surface area contributed by atoms with E-state index in [1.54, 1.807) is 13.0 Å². The van der Waals surface area contributed by atoms with Crippen molar-refractivity contribution >= 4 is 15.9 Å². The summed E-state index contributed by atoms with van der Waals surface area (Å²) in [6, 6.07) is 3.70. The van der Waals surface area contributed by atoms with Crippen LogP contribution in [0.15, 0.2) is 34.8 Å². The summed E-state index contributed by atoms with van der Waals surface area (Å²) in [5.41, 5.74) is 0.232. The maximum atomic E-state index is 13.0. The van der Waals surface area contributed by atoms with Crippen LogP contribution in [0.5, 0.6) is 0 Å². The molecule has 1 rings (SSSR count). The van der Waals surface area contributed by atoms with Crippen molar-refractivity contribution in [2.45, 2.75) is 26.1 Å². The Bertz CT molecular complexity index is 440. The monoisotopic (exact) mass is 321 g/mol. The van der Waals surface area contributed by atoms with E-state index in [9.17, 15) is 13.2 Å². The maximum absolute atomic E-state index is 13.0. The number of rotatable bonds is 4. The Kier molecular flexibility index (Phi) is 4.99. The lowest BCUT2D eigenvalue weighted by Crippen LogP contribution is -2.24. The van der Waals surface area contributed by atoms with Gasteiger partial charge >= 0.3 is 6.18 Å². The summed E-state index contributed by atoms with van der Waals surface area (Å²) in [6.45, 7) is 7.90. The van der Waals surface area contributed by atoms with E-state index in [1.165, 1.54) is 6.07 Å². The first-order valence-electron chi connectivity index (χ1n) is 5.52. The van der Waals surface area contributed by atoms with Gasteiger partial charge in [-0.15, -0.1) is 0 Å². The zero-order valence-corrected chi connectivity index (χ0v) is 11.8. The number of likely N-dealkylation sites (N-methyl/N-ethyl adjacent to an activating group) is 1. The van der Waals surface area contributed by atoms with E-state index in [2.05, 4.69) is 27.8 Å². The summed E-state index contributed by atoms with van der Waals surface area (Å²) in [5, 5.41) is 3.02. The summed E-state index contributed by atoms with van der Waals surface area (Å²) in [4.78, 5) is 0. The van der Waals surface area contributed by atoms with Crippen LogP contribution in [0.1, 0.15) is 31.0 Å². The van der Waals surface area contributed by atoms with Gasteiger partial charge in [0.15, 0.2) is 0 Å². The summed E-state index contributed by atoms with van der Waals surface area (Å²) < 4.78 is 39.5. The van der Waals surface area contributed by atoms with Gasteiger partial charge in [-0.3, -0.25) is 0 Å². The second-order valence-electron chi connectivity index (χ2n) is 4.07. The Labute approximate surface area is 113 Å². The fraction of sp³-hybridized carbons (Fsp3) is 0.385. The molecule has 0 bridgehead atoms. The summed E-state index contributed by atoms with van der Waals surface area (Å²) in [6.07, 6.45) is -4.37. The third kappa shape index (κ3) is 3.59. The molecule has 0 aliphatic carbocycles. The molecule has 1 N–H and O–H groups in total. The molecular formula is C13H15BrF3N. The van der Waals surface area contributed by atoms with Gasteiger partial charge in [-0.2, -0.15) is 13.2 Å². The topological polar surface area (TPSA) is 12.0 Å². The number of benzene rings is 1. The van der Waals surface area contributed by atoms with Gasteiger partial charge in [-0.1, -0.05) is 41.1 Å². The summed E-state index contributed by atoms with van der Waals surface area (Å²) in [7, 11) is 0. The lowest BCUT2D eigenvalue weighted by molar-refractivity contribution is -0.138. The van der Waals surface area contributed by atoms with Crippen LogP contribution in [0.25, 0.3) is 0 Å². The van der Waals surface area contributed by atoms with Crippen molar-refractivity contribution in [2.75, 3.05) is 6.54 Å². The van der Waals surface area contributed by atoms with Crippen LogP contribution in [-0.4, -0.2) is 6.54 Å². The second kappa shape index (κ2) is 5.89. The van der Waals surface area contributed by atoms with Crippen LogP contribution in [-0.2, 0) is 6.18 Å². The molecule has 0 fully saturated rings. The van der Waals surface area contributed by atoms with Crippen LogP contribution >= 0.6 is 15.9 Å². The molecule has 0 spiro atoms. The first-order chi connectivity index (χ1) is 8.27. The van der Waals surface area contributed by atoms with E-state index in [0.29, 0.717) is 16.6 Å². The smallest absolute Gasteiger partial charge is 0.307 e. The largest absolute Gasteiger partial charge is 0.416 e. The molecule has 100 valence electrons. The van der Waals surface area contributed by atoms with E-state index in [0.717, 1.165) is 6.07 Å². The molecule has 1 unspecified atom stereocenters. The lowest BCUT2D eigenvalue weighted by atomic mass is 9.95. The molecule has 0 aliphatic heterocycles. The first kappa shape index (κ1) is 15.2. The number of alkyl halides is 3. The molecule has 0 amide bonds. The van der Waals surface area contributed by atoms with Crippen LogP contribution in [0.2, 0.25) is 0 Å². The molecule has 1 aromatic rings. The van der Waals surface area contributed by atoms with Crippen LogP contribution in [0, 0.1) is 0 Å². The normalized spacial score (nSPS) is 13.4. The van der Waals surface area contributed by atoms with Crippen molar-refractivity contribution in [3.8, 4) is 0 Å². The SMILES string of the molecule is C=C(C)C(NCC)c1ccc(Br)cc1C(F)(F)F.